The molecule has 0 heterocycles. The molecule has 0 aromatic heterocycles. The van der Waals surface area contributed by atoms with Crippen LogP contribution < -0.4 is 5.73 Å². The zero-order chi connectivity index (χ0) is 13.2. The summed E-state index contributed by atoms with van der Waals surface area (Å²) in [5.74, 6) is -0.384. The monoisotopic (exact) mass is 269 g/mol. The number of halogens is 2. The normalized spacial score (nSPS) is 17.9. The predicted octanol–water partition coefficient (Wildman–Crippen LogP) is 3.11. The molecule has 18 heavy (non-hydrogen) atoms. The molecule has 98 valence electrons. The second kappa shape index (κ2) is 5.37. The summed E-state index contributed by atoms with van der Waals surface area (Å²) < 4.78 is 13.3. The van der Waals surface area contributed by atoms with Crippen molar-refractivity contribution in [2.24, 2.45) is 11.1 Å². The molecule has 1 aromatic carbocycles. The fourth-order valence-electron chi connectivity index (χ4n) is 2.69. The maximum absolute atomic E-state index is 13.3. The number of hydrogen-bond acceptors (Lipinski definition) is 2. The third-order valence-corrected chi connectivity index (χ3v) is 4.35. The lowest BCUT2D eigenvalue weighted by Crippen LogP contribution is -2.37. The molecule has 2 N–H and O–H groups in total. The molecular weight excluding hydrogens is 253 g/mol. The van der Waals surface area contributed by atoms with Gasteiger partial charge in [0.25, 0.3) is 0 Å². The maximum atomic E-state index is 13.3. The molecule has 1 saturated carbocycles. The zero-order valence-corrected chi connectivity index (χ0v) is 11.0. The van der Waals surface area contributed by atoms with Crippen LogP contribution in [0.1, 0.15) is 31.2 Å². The standard InChI is InChI=1S/C14H17ClFNO/c15-13-10(4-3-5-11(13)16)8-12(18)14(9-17)6-1-2-7-14/h3-5H,1-2,6-9,17H2. The number of benzene rings is 1. The highest BCUT2D eigenvalue weighted by Crippen LogP contribution is 2.39. The van der Waals surface area contributed by atoms with Gasteiger partial charge in [-0.15, -0.1) is 0 Å². The largest absolute Gasteiger partial charge is 0.329 e. The summed E-state index contributed by atoms with van der Waals surface area (Å²) in [7, 11) is 0. The highest BCUT2D eigenvalue weighted by molar-refractivity contribution is 6.31. The van der Waals surface area contributed by atoms with E-state index in [4.69, 9.17) is 17.3 Å². The van der Waals surface area contributed by atoms with Gasteiger partial charge in [-0.2, -0.15) is 0 Å². The topological polar surface area (TPSA) is 43.1 Å². The van der Waals surface area contributed by atoms with Crippen molar-refractivity contribution in [1.29, 1.82) is 0 Å². The van der Waals surface area contributed by atoms with E-state index in [0.717, 1.165) is 25.7 Å². The van der Waals surface area contributed by atoms with E-state index in [1.54, 1.807) is 12.1 Å². The van der Waals surface area contributed by atoms with Crippen LogP contribution in [0.15, 0.2) is 18.2 Å². The lowest BCUT2D eigenvalue weighted by atomic mass is 9.79. The summed E-state index contributed by atoms with van der Waals surface area (Å²) in [4.78, 5) is 12.4. The van der Waals surface area contributed by atoms with E-state index in [2.05, 4.69) is 0 Å². The number of Topliss-reactive ketones (excluding diaryl/α,β-unsaturated/α-hetero) is 1. The minimum atomic E-state index is -0.477. The SMILES string of the molecule is NCC1(C(=O)Cc2cccc(F)c2Cl)CCCC1. The molecule has 0 saturated heterocycles. The van der Waals surface area contributed by atoms with Crippen LogP contribution in [0, 0.1) is 11.2 Å². The van der Waals surface area contributed by atoms with Gasteiger partial charge in [0.05, 0.1) is 5.02 Å². The van der Waals surface area contributed by atoms with Crippen LogP contribution in [-0.2, 0) is 11.2 Å². The summed E-state index contributed by atoms with van der Waals surface area (Å²) >= 11 is 5.87. The van der Waals surface area contributed by atoms with Gasteiger partial charge in [-0.25, -0.2) is 4.39 Å². The van der Waals surface area contributed by atoms with E-state index in [1.807, 2.05) is 0 Å². The van der Waals surface area contributed by atoms with Crippen molar-refractivity contribution in [3.8, 4) is 0 Å². The first-order valence-electron chi connectivity index (χ1n) is 6.25. The van der Waals surface area contributed by atoms with Crippen LogP contribution in [0.3, 0.4) is 0 Å². The van der Waals surface area contributed by atoms with Crippen LogP contribution in [0.4, 0.5) is 4.39 Å². The minimum absolute atomic E-state index is 0.0519. The molecule has 1 aliphatic carbocycles. The number of carbonyl (C=O) groups is 1. The van der Waals surface area contributed by atoms with Gasteiger partial charge in [-0.1, -0.05) is 36.6 Å². The van der Waals surface area contributed by atoms with Gasteiger partial charge in [0, 0.05) is 18.4 Å². The first-order chi connectivity index (χ1) is 8.59. The van der Waals surface area contributed by atoms with E-state index < -0.39 is 11.2 Å². The van der Waals surface area contributed by atoms with Crippen molar-refractivity contribution >= 4 is 17.4 Å². The lowest BCUT2D eigenvalue weighted by molar-refractivity contribution is -0.127. The molecule has 2 rings (SSSR count). The number of nitrogens with two attached hydrogens (primary N) is 1. The lowest BCUT2D eigenvalue weighted by Gasteiger charge is -2.25. The van der Waals surface area contributed by atoms with Crippen molar-refractivity contribution in [2.75, 3.05) is 6.54 Å². The molecular formula is C14H17ClFNO. The minimum Gasteiger partial charge on any atom is -0.329 e. The van der Waals surface area contributed by atoms with Crippen molar-refractivity contribution in [3.05, 3.63) is 34.6 Å². The van der Waals surface area contributed by atoms with Gasteiger partial charge in [-0.3, -0.25) is 4.79 Å². The van der Waals surface area contributed by atoms with Gasteiger partial charge >= 0.3 is 0 Å². The average molecular weight is 270 g/mol. The Morgan fingerprint density at radius 2 is 2.06 bits per heavy atom. The van der Waals surface area contributed by atoms with E-state index >= 15 is 0 Å². The van der Waals surface area contributed by atoms with Crippen molar-refractivity contribution in [1.82, 2.24) is 0 Å². The van der Waals surface area contributed by atoms with Crippen LogP contribution in [0.25, 0.3) is 0 Å². The molecule has 1 aliphatic rings. The summed E-state index contributed by atoms with van der Waals surface area (Å²) in [6.07, 6.45) is 3.94. The second-order valence-electron chi connectivity index (χ2n) is 5.00. The second-order valence-corrected chi connectivity index (χ2v) is 5.38. The van der Waals surface area contributed by atoms with Crippen LogP contribution in [0.5, 0.6) is 0 Å². The molecule has 0 spiro atoms. The Kier molecular flexibility index (Phi) is 4.03. The Morgan fingerprint density at radius 3 is 2.67 bits per heavy atom. The summed E-state index contributed by atoms with van der Waals surface area (Å²) in [6.45, 7) is 0.374. The molecule has 0 aliphatic heterocycles. The van der Waals surface area contributed by atoms with Crippen molar-refractivity contribution in [2.45, 2.75) is 32.1 Å². The number of hydrogen-bond donors (Lipinski definition) is 1. The Morgan fingerprint density at radius 1 is 1.39 bits per heavy atom. The summed E-state index contributed by atoms with van der Waals surface area (Å²) in [5, 5.41) is 0.0519. The summed E-state index contributed by atoms with van der Waals surface area (Å²) in [5.41, 5.74) is 5.91. The fourth-order valence-corrected chi connectivity index (χ4v) is 2.89. The average Bonchev–Trinajstić information content (AvgIpc) is 2.85. The first-order valence-corrected chi connectivity index (χ1v) is 6.63. The fraction of sp³-hybridized carbons (Fsp3) is 0.500. The van der Waals surface area contributed by atoms with E-state index in [0.29, 0.717) is 12.1 Å². The third kappa shape index (κ3) is 2.43. The number of ketones is 1. The first kappa shape index (κ1) is 13.5. The molecule has 0 radical (unpaired) electrons. The molecule has 1 aromatic rings. The molecule has 2 nitrogen and oxygen atoms in total. The Labute approximate surface area is 111 Å². The molecule has 0 unspecified atom stereocenters. The highest BCUT2D eigenvalue weighted by atomic mass is 35.5. The van der Waals surface area contributed by atoms with Gasteiger partial charge in [-0.05, 0) is 24.5 Å². The van der Waals surface area contributed by atoms with E-state index in [-0.39, 0.29) is 17.2 Å². The van der Waals surface area contributed by atoms with Crippen molar-refractivity contribution in [3.63, 3.8) is 0 Å². The Bertz CT molecular complexity index is 455. The Balaban J connectivity index is 2.18. The molecule has 0 bridgehead atoms. The highest BCUT2D eigenvalue weighted by Gasteiger charge is 2.39. The zero-order valence-electron chi connectivity index (χ0n) is 10.2. The maximum Gasteiger partial charge on any atom is 0.144 e. The van der Waals surface area contributed by atoms with Crippen LogP contribution in [-0.4, -0.2) is 12.3 Å². The molecule has 1 fully saturated rings. The quantitative estimate of drug-likeness (QED) is 0.913. The Hall–Kier alpha value is -0.930. The summed E-state index contributed by atoms with van der Waals surface area (Å²) in [6, 6.07) is 4.57. The van der Waals surface area contributed by atoms with E-state index in [9.17, 15) is 9.18 Å². The predicted molar refractivity (Wildman–Crippen MR) is 70.1 cm³/mol. The van der Waals surface area contributed by atoms with E-state index in [1.165, 1.54) is 6.07 Å². The molecule has 4 heteroatoms. The molecule has 0 atom stereocenters. The van der Waals surface area contributed by atoms with Gasteiger partial charge in [0.15, 0.2) is 0 Å². The van der Waals surface area contributed by atoms with Gasteiger partial charge in [0.1, 0.15) is 11.6 Å². The smallest absolute Gasteiger partial charge is 0.144 e. The van der Waals surface area contributed by atoms with Gasteiger partial charge in [0.2, 0.25) is 0 Å². The van der Waals surface area contributed by atoms with Crippen molar-refractivity contribution < 1.29 is 9.18 Å². The van der Waals surface area contributed by atoms with Crippen LogP contribution in [0.2, 0.25) is 5.02 Å². The third-order valence-electron chi connectivity index (χ3n) is 3.93. The van der Waals surface area contributed by atoms with Gasteiger partial charge < -0.3 is 5.73 Å². The molecule has 0 amide bonds. The number of rotatable bonds is 4. The van der Waals surface area contributed by atoms with Crippen LogP contribution >= 0.6 is 11.6 Å². The number of carbonyl (C=O) groups excluding carboxylic acids is 1.